The Hall–Kier alpha value is -1.82. The molecule has 0 N–H and O–H groups in total. The van der Waals surface area contributed by atoms with Crippen LogP contribution in [0.15, 0.2) is 23.3 Å². The molecule has 0 aliphatic carbocycles. The number of aromatic nitrogens is 3. The lowest BCUT2D eigenvalue weighted by atomic mass is 10.2. The molecule has 0 amide bonds. The van der Waals surface area contributed by atoms with E-state index in [4.69, 9.17) is 11.6 Å². The Kier molecular flexibility index (Phi) is 2.89. The fourth-order valence-electron chi connectivity index (χ4n) is 1.35. The topological polar surface area (TPSA) is 47.8 Å². The molecule has 2 aromatic heterocycles. The Bertz CT molecular complexity index is 616. The van der Waals surface area contributed by atoms with Gasteiger partial charge in [-0.2, -0.15) is 0 Å². The highest BCUT2D eigenvalue weighted by Gasteiger charge is 2.12. The predicted octanol–water partition coefficient (Wildman–Crippen LogP) is 1.77. The van der Waals surface area contributed by atoms with Crippen molar-refractivity contribution in [2.75, 3.05) is 0 Å². The summed E-state index contributed by atoms with van der Waals surface area (Å²) in [5, 5.41) is -0.157. The average Bonchev–Trinajstić information content (AvgIpc) is 2.28. The van der Waals surface area contributed by atoms with Crippen molar-refractivity contribution in [3.05, 3.63) is 45.7 Å². The van der Waals surface area contributed by atoms with Gasteiger partial charge in [-0.3, -0.25) is 4.79 Å². The van der Waals surface area contributed by atoms with Gasteiger partial charge in [-0.15, -0.1) is 0 Å². The Labute approximate surface area is 99.5 Å². The van der Waals surface area contributed by atoms with Crippen molar-refractivity contribution < 1.29 is 8.78 Å². The van der Waals surface area contributed by atoms with Crippen LogP contribution in [0.4, 0.5) is 8.78 Å². The van der Waals surface area contributed by atoms with E-state index in [9.17, 15) is 13.6 Å². The van der Waals surface area contributed by atoms with Gasteiger partial charge in [-0.25, -0.2) is 18.7 Å². The molecule has 0 unspecified atom stereocenters. The molecule has 2 heterocycles. The first-order chi connectivity index (χ1) is 7.99. The van der Waals surface area contributed by atoms with Crippen molar-refractivity contribution in [2.45, 2.75) is 0 Å². The second kappa shape index (κ2) is 4.21. The first kappa shape index (κ1) is 11.7. The van der Waals surface area contributed by atoms with Crippen LogP contribution in [0.25, 0.3) is 11.3 Å². The third kappa shape index (κ3) is 2.16. The van der Waals surface area contributed by atoms with Gasteiger partial charge in [0.2, 0.25) is 5.28 Å². The van der Waals surface area contributed by atoms with Crippen LogP contribution < -0.4 is 5.56 Å². The fourth-order valence-corrected chi connectivity index (χ4v) is 1.48. The van der Waals surface area contributed by atoms with Gasteiger partial charge >= 0.3 is 0 Å². The fraction of sp³-hybridized carbons (Fsp3) is 0.100. The van der Waals surface area contributed by atoms with Gasteiger partial charge in [0, 0.05) is 18.8 Å². The maximum atomic E-state index is 13.4. The highest BCUT2D eigenvalue weighted by atomic mass is 35.5. The average molecular weight is 258 g/mol. The molecule has 2 aromatic rings. The van der Waals surface area contributed by atoms with E-state index in [1.165, 1.54) is 13.2 Å². The summed E-state index contributed by atoms with van der Waals surface area (Å²) in [6.45, 7) is 0. The van der Waals surface area contributed by atoms with Crippen LogP contribution >= 0.6 is 11.6 Å². The van der Waals surface area contributed by atoms with Gasteiger partial charge in [-0.1, -0.05) is 0 Å². The van der Waals surface area contributed by atoms with Crippen LogP contribution in [0.5, 0.6) is 0 Å². The van der Waals surface area contributed by atoms with Crippen molar-refractivity contribution in [1.82, 2.24) is 14.5 Å². The number of pyridine rings is 1. The highest BCUT2D eigenvalue weighted by molar-refractivity contribution is 6.28. The summed E-state index contributed by atoms with van der Waals surface area (Å²) in [5.74, 6) is -1.73. The summed E-state index contributed by atoms with van der Waals surface area (Å²) in [7, 11) is 1.36. The molecule has 0 radical (unpaired) electrons. The quantitative estimate of drug-likeness (QED) is 0.732. The summed E-state index contributed by atoms with van der Waals surface area (Å²) in [5.41, 5.74) is -0.833. The SMILES string of the molecule is Cn1cc(-c2nc(Cl)ncc2F)cc(F)c1=O. The van der Waals surface area contributed by atoms with Crippen molar-refractivity contribution in [3.8, 4) is 11.3 Å². The van der Waals surface area contributed by atoms with Crippen LogP contribution in [-0.2, 0) is 7.05 Å². The molecule has 17 heavy (non-hydrogen) atoms. The predicted molar refractivity (Wildman–Crippen MR) is 57.6 cm³/mol. The number of nitrogens with zero attached hydrogens (tertiary/aromatic N) is 3. The lowest BCUT2D eigenvalue weighted by molar-refractivity contribution is 0.589. The zero-order chi connectivity index (χ0) is 12.6. The molecule has 0 bridgehead atoms. The van der Waals surface area contributed by atoms with E-state index < -0.39 is 17.2 Å². The van der Waals surface area contributed by atoms with Crippen molar-refractivity contribution >= 4 is 11.6 Å². The molecule has 7 heteroatoms. The number of halogens is 3. The summed E-state index contributed by atoms with van der Waals surface area (Å²) in [6.07, 6.45) is 2.15. The van der Waals surface area contributed by atoms with E-state index in [1.807, 2.05) is 0 Å². The molecule has 0 atom stereocenters. The molecule has 0 aromatic carbocycles. The Balaban J connectivity index is 2.69. The minimum atomic E-state index is -0.987. The molecule has 0 saturated heterocycles. The number of hydrogen-bond acceptors (Lipinski definition) is 3. The number of hydrogen-bond donors (Lipinski definition) is 0. The monoisotopic (exact) mass is 257 g/mol. The minimum absolute atomic E-state index is 0.117. The molecule has 0 fully saturated rings. The molecule has 4 nitrogen and oxygen atoms in total. The molecule has 2 rings (SSSR count). The maximum absolute atomic E-state index is 13.4. The van der Waals surface area contributed by atoms with Gasteiger partial charge in [0.05, 0.1) is 6.20 Å². The smallest absolute Gasteiger partial charge is 0.286 e. The van der Waals surface area contributed by atoms with Crippen molar-refractivity contribution in [3.63, 3.8) is 0 Å². The molecule has 0 saturated carbocycles. The second-order valence-corrected chi connectivity index (χ2v) is 3.67. The van der Waals surface area contributed by atoms with Crippen molar-refractivity contribution in [1.29, 1.82) is 0 Å². The van der Waals surface area contributed by atoms with Crippen LogP contribution in [0, 0.1) is 11.6 Å². The van der Waals surface area contributed by atoms with E-state index in [-0.39, 0.29) is 16.5 Å². The highest BCUT2D eigenvalue weighted by Crippen LogP contribution is 2.20. The molecule has 0 aliphatic heterocycles. The zero-order valence-corrected chi connectivity index (χ0v) is 9.37. The third-order valence-electron chi connectivity index (χ3n) is 2.13. The standard InChI is InChI=1S/C10H6ClF2N3O/c1-16-4-5(2-6(12)9(16)17)8-7(13)3-14-10(11)15-8/h2-4H,1H3. The van der Waals surface area contributed by atoms with Gasteiger partial charge < -0.3 is 4.57 Å². The van der Waals surface area contributed by atoms with Crippen LogP contribution in [0.2, 0.25) is 5.28 Å². The van der Waals surface area contributed by atoms with Gasteiger partial charge in [0.1, 0.15) is 5.69 Å². The normalized spacial score (nSPS) is 10.6. The Morgan fingerprint density at radius 1 is 1.35 bits per heavy atom. The third-order valence-corrected chi connectivity index (χ3v) is 2.31. The summed E-state index contributed by atoms with van der Waals surface area (Å²) in [6, 6.07) is 0.907. The lowest BCUT2D eigenvalue weighted by Gasteiger charge is -2.05. The molecule has 0 spiro atoms. The Morgan fingerprint density at radius 3 is 2.71 bits per heavy atom. The molecule has 0 aliphatic rings. The molecule has 88 valence electrons. The van der Waals surface area contributed by atoms with E-state index in [0.29, 0.717) is 0 Å². The lowest BCUT2D eigenvalue weighted by Crippen LogP contribution is -2.19. The van der Waals surface area contributed by atoms with Crippen molar-refractivity contribution in [2.24, 2.45) is 7.05 Å². The van der Waals surface area contributed by atoms with E-state index in [2.05, 4.69) is 9.97 Å². The van der Waals surface area contributed by atoms with Gasteiger partial charge in [-0.05, 0) is 17.7 Å². The van der Waals surface area contributed by atoms with Crippen LogP contribution in [0.3, 0.4) is 0 Å². The van der Waals surface area contributed by atoms with E-state index >= 15 is 0 Å². The largest absolute Gasteiger partial charge is 0.315 e. The van der Waals surface area contributed by atoms with Gasteiger partial charge in [0.15, 0.2) is 11.6 Å². The van der Waals surface area contributed by atoms with E-state index in [1.54, 1.807) is 0 Å². The first-order valence-corrected chi connectivity index (χ1v) is 4.91. The summed E-state index contributed by atoms with van der Waals surface area (Å²) >= 11 is 5.53. The zero-order valence-electron chi connectivity index (χ0n) is 8.62. The summed E-state index contributed by atoms with van der Waals surface area (Å²) < 4.78 is 27.7. The van der Waals surface area contributed by atoms with Crippen LogP contribution in [0.1, 0.15) is 0 Å². The van der Waals surface area contributed by atoms with Gasteiger partial charge in [0.25, 0.3) is 5.56 Å². The number of aryl methyl sites for hydroxylation is 1. The molecular formula is C10H6ClF2N3O. The summed E-state index contributed by atoms with van der Waals surface area (Å²) in [4.78, 5) is 18.2. The number of rotatable bonds is 1. The Morgan fingerprint density at radius 2 is 2.06 bits per heavy atom. The molecular weight excluding hydrogens is 252 g/mol. The maximum Gasteiger partial charge on any atom is 0.286 e. The second-order valence-electron chi connectivity index (χ2n) is 3.33. The first-order valence-electron chi connectivity index (χ1n) is 4.53. The minimum Gasteiger partial charge on any atom is -0.315 e. The van der Waals surface area contributed by atoms with E-state index in [0.717, 1.165) is 16.8 Å². The van der Waals surface area contributed by atoms with Crippen LogP contribution in [-0.4, -0.2) is 14.5 Å².